The van der Waals surface area contributed by atoms with E-state index in [0.717, 1.165) is 35.8 Å². The molecule has 2 rings (SSSR count). The summed E-state index contributed by atoms with van der Waals surface area (Å²) in [6.45, 7) is 5.32. The van der Waals surface area contributed by atoms with Gasteiger partial charge in [-0.2, -0.15) is 0 Å². The van der Waals surface area contributed by atoms with E-state index in [1.54, 1.807) is 12.1 Å². The Labute approximate surface area is 150 Å². The molecule has 0 aliphatic heterocycles. The topological polar surface area (TPSA) is 46.5 Å². The SMILES string of the molecule is CC[C@H](C)CCCCCOc1ccc(-c2ccc(C(=O)O)cc2)cc1. The Morgan fingerprint density at radius 1 is 0.960 bits per heavy atom. The van der Waals surface area contributed by atoms with Gasteiger partial charge in [0.25, 0.3) is 0 Å². The average molecular weight is 340 g/mol. The summed E-state index contributed by atoms with van der Waals surface area (Å²) in [6.07, 6.45) is 6.17. The standard InChI is InChI=1S/C22H28O3/c1-3-17(2)7-5-4-6-16-25-21-14-12-19(13-15-21)18-8-10-20(11-9-18)22(23)24/h8-15,17H,3-7,16H2,1-2H3,(H,23,24)/t17-/m0/s1. The molecule has 3 nitrogen and oxygen atoms in total. The number of unbranched alkanes of at least 4 members (excludes halogenated alkanes) is 2. The number of benzene rings is 2. The van der Waals surface area contributed by atoms with Crippen LogP contribution in [0.15, 0.2) is 48.5 Å². The second-order valence-electron chi connectivity index (χ2n) is 6.62. The van der Waals surface area contributed by atoms with Crippen LogP contribution in [0.25, 0.3) is 11.1 Å². The van der Waals surface area contributed by atoms with E-state index < -0.39 is 5.97 Å². The summed E-state index contributed by atoms with van der Waals surface area (Å²) in [7, 11) is 0. The number of hydrogen-bond donors (Lipinski definition) is 1. The van der Waals surface area contributed by atoms with Gasteiger partial charge in [-0.25, -0.2) is 4.79 Å². The molecule has 0 bridgehead atoms. The normalized spacial score (nSPS) is 11.9. The van der Waals surface area contributed by atoms with Crippen LogP contribution >= 0.6 is 0 Å². The number of aromatic carboxylic acids is 1. The Morgan fingerprint density at radius 3 is 2.12 bits per heavy atom. The van der Waals surface area contributed by atoms with Gasteiger partial charge in [-0.15, -0.1) is 0 Å². The molecule has 0 fully saturated rings. The highest BCUT2D eigenvalue weighted by atomic mass is 16.5. The van der Waals surface area contributed by atoms with Crippen LogP contribution in [0.2, 0.25) is 0 Å². The molecule has 0 aliphatic rings. The summed E-state index contributed by atoms with van der Waals surface area (Å²) >= 11 is 0. The van der Waals surface area contributed by atoms with Crippen LogP contribution in [0.5, 0.6) is 5.75 Å². The van der Waals surface area contributed by atoms with E-state index in [1.165, 1.54) is 25.7 Å². The first-order valence-corrected chi connectivity index (χ1v) is 9.16. The summed E-state index contributed by atoms with van der Waals surface area (Å²) in [5, 5.41) is 8.94. The molecule has 0 saturated carbocycles. The van der Waals surface area contributed by atoms with Gasteiger partial charge in [-0.1, -0.05) is 63.8 Å². The largest absolute Gasteiger partial charge is 0.494 e. The Bertz CT molecular complexity index is 644. The van der Waals surface area contributed by atoms with Crippen molar-refractivity contribution in [3.8, 4) is 16.9 Å². The van der Waals surface area contributed by atoms with Gasteiger partial charge in [0.1, 0.15) is 5.75 Å². The molecule has 0 saturated heterocycles. The van der Waals surface area contributed by atoms with E-state index in [2.05, 4.69) is 13.8 Å². The molecule has 0 unspecified atom stereocenters. The Balaban J connectivity index is 1.77. The fourth-order valence-corrected chi connectivity index (χ4v) is 2.71. The minimum Gasteiger partial charge on any atom is -0.494 e. The second-order valence-corrected chi connectivity index (χ2v) is 6.62. The lowest BCUT2D eigenvalue weighted by molar-refractivity contribution is 0.0697. The predicted octanol–water partition coefficient (Wildman–Crippen LogP) is 6.04. The Hall–Kier alpha value is -2.29. The van der Waals surface area contributed by atoms with Crippen molar-refractivity contribution in [3.05, 3.63) is 54.1 Å². The monoisotopic (exact) mass is 340 g/mol. The number of rotatable bonds is 10. The molecule has 3 heteroatoms. The van der Waals surface area contributed by atoms with Crippen molar-refractivity contribution in [3.63, 3.8) is 0 Å². The molecule has 2 aromatic carbocycles. The van der Waals surface area contributed by atoms with Crippen LogP contribution in [0.3, 0.4) is 0 Å². The summed E-state index contributed by atoms with van der Waals surface area (Å²) in [5.74, 6) is 0.810. The number of hydrogen-bond acceptors (Lipinski definition) is 2. The van der Waals surface area contributed by atoms with Crippen molar-refractivity contribution in [1.29, 1.82) is 0 Å². The van der Waals surface area contributed by atoms with E-state index >= 15 is 0 Å². The second kappa shape index (κ2) is 9.87. The molecule has 0 aromatic heterocycles. The molecular weight excluding hydrogens is 312 g/mol. The third kappa shape index (κ3) is 6.26. The van der Waals surface area contributed by atoms with Crippen LogP contribution in [0.1, 0.15) is 56.3 Å². The maximum Gasteiger partial charge on any atom is 0.335 e. The lowest BCUT2D eigenvalue weighted by Gasteiger charge is -2.09. The smallest absolute Gasteiger partial charge is 0.335 e. The fraction of sp³-hybridized carbons (Fsp3) is 0.409. The van der Waals surface area contributed by atoms with Crippen molar-refractivity contribution in [2.75, 3.05) is 6.61 Å². The molecule has 1 N–H and O–H groups in total. The van der Waals surface area contributed by atoms with E-state index in [4.69, 9.17) is 9.84 Å². The molecule has 1 atom stereocenters. The molecule has 134 valence electrons. The van der Waals surface area contributed by atoms with E-state index in [1.807, 2.05) is 36.4 Å². The molecule has 0 aliphatic carbocycles. The lowest BCUT2D eigenvalue weighted by atomic mass is 10.0. The van der Waals surface area contributed by atoms with Crippen LogP contribution in [0, 0.1) is 5.92 Å². The zero-order chi connectivity index (χ0) is 18.1. The predicted molar refractivity (Wildman–Crippen MR) is 102 cm³/mol. The minimum atomic E-state index is -0.903. The summed E-state index contributed by atoms with van der Waals surface area (Å²) in [6, 6.07) is 14.9. The van der Waals surface area contributed by atoms with Crippen molar-refractivity contribution in [1.82, 2.24) is 0 Å². The lowest BCUT2D eigenvalue weighted by Crippen LogP contribution is -1.98. The number of carboxylic acid groups (broad SMARTS) is 1. The van der Waals surface area contributed by atoms with Gasteiger partial charge in [0.05, 0.1) is 12.2 Å². The first-order chi connectivity index (χ1) is 12.1. The number of ether oxygens (including phenoxy) is 1. The first kappa shape index (κ1) is 19.0. The van der Waals surface area contributed by atoms with Crippen LogP contribution in [-0.4, -0.2) is 17.7 Å². The fourth-order valence-electron chi connectivity index (χ4n) is 2.71. The van der Waals surface area contributed by atoms with E-state index in [9.17, 15) is 4.79 Å². The molecule has 25 heavy (non-hydrogen) atoms. The van der Waals surface area contributed by atoms with Gasteiger partial charge in [-0.05, 0) is 47.7 Å². The molecule has 0 spiro atoms. The van der Waals surface area contributed by atoms with Crippen molar-refractivity contribution in [2.24, 2.45) is 5.92 Å². The zero-order valence-corrected chi connectivity index (χ0v) is 15.2. The molecule has 0 radical (unpaired) electrons. The van der Waals surface area contributed by atoms with Crippen LogP contribution in [0.4, 0.5) is 0 Å². The quantitative estimate of drug-likeness (QED) is 0.537. The van der Waals surface area contributed by atoms with Gasteiger partial charge < -0.3 is 9.84 Å². The van der Waals surface area contributed by atoms with Crippen molar-refractivity contribution >= 4 is 5.97 Å². The van der Waals surface area contributed by atoms with Gasteiger partial charge in [0.2, 0.25) is 0 Å². The molecule has 2 aromatic rings. The minimum absolute atomic E-state index is 0.303. The Morgan fingerprint density at radius 2 is 1.56 bits per heavy atom. The highest BCUT2D eigenvalue weighted by Crippen LogP contribution is 2.23. The van der Waals surface area contributed by atoms with Crippen LogP contribution in [-0.2, 0) is 0 Å². The summed E-state index contributed by atoms with van der Waals surface area (Å²) in [5.41, 5.74) is 2.36. The van der Waals surface area contributed by atoms with Gasteiger partial charge >= 0.3 is 5.97 Å². The zero-order valence-electron chi connectivity index (χ0n) is 15.2. The highest BCUT2D eigenvalue weighted by Gasteiger charge is 2.04. The maximum atomic E-state index is 10.9. The van der Waals surface area contributed by atoms with Crippen molar-refractivity contribution in [2.45, 2.75) is 46.0 Å². The average Bonchev–Trinajstić information content (AvgIpc) is 2.65. The molecular formula is C22H28O3. The third-order valence-electron chi connectivity index (χ3n) is 4.63. The van der Waals surface area contributed by atoms with Gasteiger partial charge in [0, 0.05) is 0 Å². The van der Waals surface area contributed by atoms with Crippen molar-refractivity contribution < 1.29 is 14.6 Å². The third-order valence-corrected chi connectivity index (χ3v) is 4.63. The molecule has 0 heterocycles. The van der Waals surface area contributed by atoms with Gasteiger partial charge in [-0.3, -0.25) is 0 Å². The summed E-state index contributed by atoms with van der Waals surface area (Å²) in [4.78, 5) is 10.9. The Kier molecular flexibility index (Phi) is 7.52. The van der Waals surface area contributed by atoms with E-state index in [-0.39, 0.29) is 0 Å². The number of carbonyl (C=O) groups is 1. The maximum absolute atomic E-state index is 10.9. The summed E-state index contributed by atoms with van der Waals surface area (Å²) < 4.78 is 5.80. The van der Waals surface area contributed by atoms with Crippen LogP contribution < -0.4 is 4.74 Å². The highest BCUT2D eigenvalue weighted by molar-refractivity contribution is 5.88. The van der Waals surface area contributed by atoms with Gasteiger partial charge in [0.15, 0.2) is 0 Å². The van der Waals surface area contributed by atoms with E-state index in [0.29, 0.717) is 5.56 Å². The first-order valence-electron chi connectivity index (χ1n) is 9.16. The molecule has 0 amide bonds. The number of carboxylic acids is 1.